The van der Waals surface area contributed by atoms with Gasteiger partial charge < -0.3 is 5.32 Å². The molecule has 0 saturated heterocycles. The van der Waals surface area contributed by atoms with Crippen molar-refractivity contribution in [2.45, 2.75) is 45.1 Å². The van der Waals surface area contributed by atoms with Crippen molar-refractivity contribution in [3.63, 3.8) is 0 Å². The van der Waals surface area contributed by atoms with Crippen LogP contribution in [0.5, 0.6) is 0 Å². The first-order valence-corrected chi connectivity index (χ1v) is 6.69. The Hall–Kier alpha value is -1.56. The molecule has 1 saturated carbocycles. The van der Waals surface area contributed by atoms with Crippen LogP contribution in [0.4, 0.5) is 10.1 Å². The van der Waals surface area contributed by atoms with E-state index in [1.807, 2.05) is 6.07 Å². The van der Waals surface area contributed by atoms with Crippen LogP contribution in [0.3, 0.4) is 0 Å². The summed E-state index contributed by atoms with van der Waals surface area (Å²) in [6.07, 6.45) is 6.08. The summed E-state index contributed by atoms with van der Waals surface area (Å²) in [5.41, 5.74) is 0.890. The molecular formula is C15H19FN2. The van der Waals surface area contributed by atoms with E-state index in [0.29, 0.717) is 6.04 Å². The summed E-state index contributed by atoms with van der Waals surface area (Å²) in [5, 5.41) is 12.0. The van der Waals surface area contributed by atoms with E-state index < -0.39 is 5.82 Å². The fraction of sp³-hybridized carbons (Fsp3) is 0.533. The first-order chi connectivity index (χ1) is 8.72. The number of benzene rings is 1. The van der Waals surface area contributed by atoms with Crippen molar-refractivity contribution in [2.24, 2.45) is 5.92 Å². The maximum Gasteiger partial charge on any atom is 0.143 e. The number of hydrogen-bond acceptors (Lipinski definition) is 2. The normalized spacial score (nSPS) is 23.4. The third-order valence-corrected chi connectivity index (χ3v) is 3.88. The molecule has 1 aliphatic carbocycles. The summed E-state index contributed by atoms with van der Waals surface area (Å²) in [5.74, 6) is 0.422. The number of nitrogens with one attached hydrogen (secondary N) is 1. The molecule has 1 aromatic carbocycles. The first-order valence-electron chi connectivity index (χ1n) is 6.69. The SMILES string of the molecule is CCC1CCC(Nc2ccc(C#N)c(F)c2)CC1. The molecule has 2 rings (SSSR count). The van der Waals surface area contributed by atoms with Crippen LogP contribution in [0.1, 0.15) is 44.6 Å². The lowest BCUT2D eigenvalue weighted by Crippen LogP contribution is -2.25. The third kappa shape index (κ3) is 3.01. The fourth-order valence-electron chi connectivity index (χ4n) is 2.65. The lowest BCUT2D eigenvalue weighted by molar-refractivity contribution is 0.330. The summed E-state index contributed by atoms with van der Waals surface area (Å²) in [6.45, 7) is 2.24. The molecule has 18 heavy (non-hydrogen) atoms. The number of nitrogens with zero attached hydrogens (tertiary/aromatic N) is 1. The van der Waals surface area contributed by atoms with Gasteiger partial charge in [-0.3, -0.25) is 0 Å². The summed E-state index contributed by atoms with van der Waals surface area (Å²) < 4.78 is 13.5. The average molecular weight is 246 g/mol. The Bertz CT molecular complexity index is 442. The molecule has 0 heterocycles. The molecule has 1 fully saturated rings. The van der Waals surface area contributed by atoms with Gasteiger partial charge in [0.25, 0.3) is 0 Å². The zero-order valence-corrected chi connectivity index (χ0v) is 10.7. The maximum absolute atomic E-state index is 13.5. The number of halogens is 1. The zero-order chi connectivity index (χ0) is 13.0. The van der Waals surface area contributed by atoms with Gasteiger partial charge in [0.1, 0.15) is 11.9 Å². The summed E-state index contributed by atoms with van der Waals surface area (Å²) in [6, 6.07) is 7.02. The smallest absolute Gasteiger partial charge is 0.143 e. The Morgan fingerprint density at radius 2 is 2.06 bits per heavy atom. The summed E-state index contributed by atoms with van der Waals surface area (Å²) in [7, 11) is 0. The molecule has 0 spiro atoms. The molecule has 0 aliphatic heterocycles. The van der Waals surface area contributed by atoms with E-state index in [4.69, 9.17) is 5.26 Å². The first kappa shape index (κ1) is 12.9. The van der Waals surface area contributed by atoms with E-state index >= 15 is 0 Å². The van der Waals surface area contributed by atoms with Gasteiger partial charge in [0.05, 0.1) is 5.56 Å². The number of nitriles is 1. The van der Waals surface area contributed by atoms with Crippen molar-refractivity contribution in [1.29, 1.82) is 5.26 Å². The van der Waals surface area contributed by atoms with Gasteiger partial charge in [-0.1, -0.05) is 13.3 Å². The molecular weight excluding hydrogens is 227 g/mol. The molecule has 96 valence electrons. The highest BCUT2D eigenvalue weighted by atomic mass is 19.1. The van der Waals surface area contributed by atoms with Crippen LogP contribution < -0.4 is 5.32 Å². The van der Waals surface area contributed by atoms with Gasteiger partial charge in [-0.15, -0.1) is 0 Å². The van der Waals surface area contributed by atoms with Crippen LogP contribution in [-0.2, 0) is 0 Å². The molecule has 0 radical (unpaired) electrons. The Labute approximate surface area is 108 Å². The number of anilines is 1. The van der Waals surface area contributed by atoms with E-state index in [9.17, 15) is 4.39 Å². The molecule has 2 nitrogen and oxygen atoms in total. The minimum absolute atomic E-state index is 0.107. The predicted molar refractivity (Wildman–Crippen MR) is 70.8 cm³/mol. The van der Waals surface area contributed by atoms with Crippen molar-refractivity contribution in [3.05, 3.63) is 29.6 Å². The van der Waals surface area contributed by atoms with Gasteiger partial charge >= 0.3 is 0 Å². The van der Waals surface area contributed by atoms with Crippen molar-refractivity contribution < 1.29 is 4.39 Å². The van der Waals surface area contributed by atoms with E-state index in [1.165, 1.54) is 31.4 Å². The van der Waals surface area contributed by atoms with Crippen LogP contribution in [0, 0.1) is 23.1 Å². The van der Waals surface area contributed by atoms with E-state index in [-0.39, 0.29) is 5.56 Å². The Balaban J connectivity index is 1.94. The minimum atomic E-state index is -0.440. The molecule has 0 unspecified atom stereocenters. The van der Waals surface area contributed by atoms with Gasteiger partial charge in [-0.2, -0.15) is 5.26 Å². The Morgan fingerprint density at radius 3 is 2.61 bits per heavy atom. The van der Waals surface area contributed by atoms with Crippen LogP contribution >= 0.6 is 0 Å². The monoisotopic (exact) mass is 246 g/mol. The molecule has 1 N–H and O–H groups in total. The second kappa shape index (κ2) is 5.86. The third-order valence-electron chi connectivity index (χ3n) is 3.88. The highest BCUT2D eigenvalue weighted by Gasteiger charge is 2.19. The van der Waals surface area contributed by atoms with E-state index in [2.05, 4.69) is 12.2 Å². The molecule has 0 atom stereocenters. The van der Waals surface area contributed by atoms with Gasteiger partial charge in [0.2, 0.25) is 0 Å². The van der Waals surface area contributed by atoms with E-state index in [1.54, 1.807) is 6.07 Å². The highest BCUT2D eigenvalue weighted by Crippen LogP contribution is 2.28. The molecule has 0 aromatic heterocycles. The van der Waals surface area contributed by atoms with Crippen LogP contribution in [0.15, 0.2) is 18.2 Å². The molecule has 1 aliphatic rings. The second-order valence-electron chi connectivity index (χ2n) is 5.08. The van der Waals surface area contributed by atoms with Gasteiger partial charge in [0.15, 0.2) is 0 Å². The lowest BCUT2D eigenvalue weighted by Gasteiger charge is -2.29. The van der Waals surface area contributed by atoms with Crippen molar-refractivity contribution in [1.82, 2.24) is 0 Å². The van der Waals surface area contributed by atoms with Gasteiger partial charge in [-0.05, 0) is 49.8 Å². The Kier molecular flexibility index (Phi) is 4.19. The van der Waals surface area contributed by atoms with Gasteiger partial charge in [0, 0.05) is 11.7 Å². The van der Waals surface area contributed by atoms with Crippen molar-refractivity contribution in [3.8, 4) is 6.07 Å². The predicted octanol–water partition coefficient (Wildman–Crippen LogP) is 4.08. The largest absolute Gasteiger partial charge is 0.382 e. The summed E-state index contributed by atoms with van der Waals surface area (Å²) in [4.78, 5) is 0. The Morgan fingerprint density at radius 1 is 1.33 bits per heavy atom. The summed E-state index contributed by atoms with van der Waals surface area (Å²) >= 11 is 0. The topological polar surface area (TPSA) is 35.8 Å². The van der Waals surface area contributed by atoms with Crippen LogP contribution in [-0.4, -0.2) is 6.04 Å². The van der Waals surface area contributed by atoms with Crippen molar-refractivity contribution >= 4 is 5.69 Å². The fourth-order valence-corrected chi connectivity index (χ4v) is 2.65. The minimum Gasteiger partial charge on any atom is -0.382 e. The van der Waals surface area contributed by atoms with Crippen LogP contribution in [0.25, 0.3) is 0 Å². The number of rotatable bonds is 3. The van der Waals surface area contributed by atoms with Gasteiger partial charge in [-0.25, -0.2) is 4.39 Å². The quantitative estimate of drug-likeness (QED) is 0.872. The lowest BCUT2D eigenvalue weighted by atomic mass is 9.84. The standard InChI is InChI=1S/C15H19FN2/c1-2-11-3-6-13(7-4-11)18-14-8-5-12(10-17)15(16)9-14/h5,8-9,11,13,18H,2-4,6-7H2,1H3. The maximum atomic E-state index is 13.5. The molecule has 0 amide bonds. The van der Waals surface area contributed by atoms with Crippen LogP contribution in [0.2, 0.25) is 0 Å². The zero-order valence-electron chi connectivity index (χ0n) is 10.7. The highest BCUT2D eigenvalue weighted by molar-refractivity contribution is 5.48. The molecule has 3 heteroatoms. The number of hydrogen-bond donors (Lipinski definition) is 1. The molecule has 1 aromatic rings. The molecule has 0 bridgehead atoms. The average Bonchev–Trinajstić information content (AvgIpc) is 2.40. The van der Waals surface area contributed by atoms with Crippen molar-refractivity contribution in [2.75, 3.05) is 5.32 Å². The second-order valence-corrected chi connectivity index (χ2v) is 5.08. The van der Waals surface area contributed by atoms with E-state index in [0.717, 1.165) is 24.4 Å².